The molecule has 3 rings (SSSR count). The van der Waals surface area contributed by atoms with E-state index in [1.54, 1.807) is 19.9 Å². The van der Waals surface area contributed by atoms with Crippen LogP contribution in [0.15, 0.2) is 27.6 Å². The zero-order valence-corrected chi connectivity index (χ0v) is 13.6. The number of hydrogen-bond donors (Lipinski definition) is 1. The number of aryl methyl sites for hydroxylation is 1. The van der Waals surface area contributed by atoms with E-state index in [-0.39, 0.29) is 10.8 Å². The quantitative estimate of drug-likeness (QED) is 0.902. The number of nitrogens with one attached hydrogen (secondary N) is 1. The number of sulfonamides is 1. The van der Waals surface area contributed by atoms with Crippen LogP contribution in [0, 0.1) is 6.92 Å². The van der Waals surface area contributed by atoms with Crippen LogP contribution in [0.25, 0.3) is 0 Å². The van der Waals surface area contributed by atoms with Crippen molar-refractivity contribution in [2.45, 2.75) is 31.2 Å². The van der Waals surface area contributed by atoms with E-state index >= 15 is 0 Å². The summed E-state index contributed by atoms with van der Waals surface area (Å²) in [5, 5.41) is 3.65. The highest BCUT2D eigenvalue weighted by Crippen LogP contribution is 2.32. The number of ether oxygens (including phenoxy) is 2. The van der Waals surface area contributed by atoms with Crippen molar-refractivity contribution in [2.24, 2.45) is 0 Å². The Bertz CT molecular complexity index is 802. The summed E-state index contributed by atoms with van der Waals surface area (Å²) in [7, 11) is -3.76. The van der Waals surface area contributed by atoms with Gasteiger partial charge in [-0.15, -0.1) is 0 Å². The summed E-state index contributed by atoms with van der Waals surface area (Å²) in [4.78, 5) is 4.11. The lowest BCUT2D eigenvalue weighted by atomic mass is 10.3. The van der Waals surface area contributed by atoms with Gasteiger partial charge in [0, 0.05) is 12.5 Å². The van der Waals surface area contributed by atoms with Gasteiger partial charge >= 0.3 is 0 Å². The monoisotopic (exact) mass is 339 g/mol. The van der Waals surface area contributed by atoms with E-state index in [0.717, 1.165) is 6.42 Å². The largest absolute Gasteiger partial charge is 0.490 e. The molecule has 9 heteroatoms. The van der Waals surface area contributed by atoms with Crippen molar-refractivity contribution < 1.29 is 22.4 Å². The maximum absolute atomic E-state index is 12.5. The molecule has 1 unspecified atom stereocenters. The Morgan fingerprint density at radius 3 is 2.65 bits per heavy atom. The second-order valence-corrected chi connectivity index (χ2v) is 6.90. The second kappa shape index (κ2) is 6.17. The zero-order valence-electron chi connectivity index (χ0n) is 12.8. The first-order chi connectivity index (χ1) is 11.0. The topological polar surface area (TPSA) is 104 Å². The maximum atomic E-state index is 12.5. The van der Waals surface area contributed by atoms with Crippen LogP contribution >= 0.6 is 0 Å². The Morgan fingerprint density at radius 1 is 1.22 bits per heavy atom. The molecule has 1 aromatic carbocycles. The fraction of sp³-hybridized carbons (Fsp3) is 0.429. The third-order valence-electron chi connectivity index (χ3n) is 3.27. The van der Waals surface area contributed by atoms with Crippen LogP contribution in [0.4, 0.5) is 0 Å². The fourth-order valence-corrected chi connectivity index (χ4v) is 3.36. The van der Waals surface area contributed by atoms with E-state index in [4.69, 9.17) is 14.0 Å². The molecular formula is C14H17N3O5S. The van der Waals surface area contributed by atoms with Crippen LogP contribution in [0.2, 0.25) is 0 Å². The summed E-state index contributed by atoms with van der Waals surface area (Å²) in [6.45, 7) is 4.33. The Morgan fingerprint density at radius 2 is 1.96 bits per heavy atom. The third-order valence-corrected chi connectivity index (χ3v) is 4.81. The molecule has 1 N–H and O–H groups in total. The van der Waals surface area contributed by atoms with Crippen LogP contribution in [0.5, 0.6) is 11.5 Å². The average molecular weight is 339 g/mol. The molecule has 1 aliphatic heterocycles. The lowest BCUT2D eigenvalue weighted by Gasteiger charge is -2.13. The van der Waals surface area contributed by atoms with Gasteiger partial charge in [-0.05, 0) is 26.0 Å². The summed E-state index contributed by atoms with van der Waals surface area (Å²) in [6, 6.07) is 3.88. The number of nitrogens with zero attached hydrogens (tertiary/aromatic N) is 2. The van der Waals surface area contributed by atoms with Crippen molar-refractivity contribution in [1.82, 2.24) is 14.9 Å². The maximum Gasteiger partial charge on any atom is 0.244 e. The molecule has 1 aliphatic rings. The number of fused-ring (bicyclic) bond motifs is 1. The Labute approximate surface area is 133 Å². The highest BCUT2D eigenvalue weighted by atomic mass is 32.2. The van der Waals surface area contributed by atoms with E-state index in [2.05, 4.69) is 14.9 Å². The van der Waals surface area contributed by atoms with Crippen molar-refractivity contribution >= 4 is 10.0 Å². The Balaban J connectivity index is 1.83. The predicted octanol–water partition coefficient (Wildman–Crippen LogP) is 1.58. The van der Waals surface area contributed by atoms with Crippen LogP contribution in [-0.2, 0) is 10.0 Å². The van der Waals surface area contributed by atoms with Crippen LogP contribution in [-0.4, -0.2) is 31.8 Å². The molecule has 0 saturated heterocycles. The molecule has 8 nitrogen and oxygen atoms in total. The van der Waals surface area contributed by atoms with Crippen molar-refractivity contribution in [3.8, 4) is 11.5 Å². The highest BCUT2D eigenvalue weighted by Gasteiger charge is 2.23. The van der Waals surface area contributed by atoms with Gasteiger partial charge < -0.3 is 14.0 Å². The number of aromatic nitrogens is 2. The standard InChI is InChI=1S/C14H17N3O5S/c1-9(14-15-10(2)16-22-14)17-23(18,19)11-4-5-12-13(8-11)21-7-3-6-20-12/h4-5,8-9,17H,3,6-7H2,1-2H3. The zero-order chi connectivity index (χ0) is 16.4. The summed E-state index contributed by atoms with van der Waals surface area (Å²) >= 11 is 0. The normalized spacial score (nSPS) is 15.9. The molecule has 124 valence electrons. The number of benzene rings is 1. The molecule has 0 fully saturated rings. The lowest BCUT2D eigenvalue weighted by Crippen LogP contribution is -2.27. The van der Waals surface area contributed by atoms with Crippen molar-refractivity contribution in [3.05, 3.63) is 29.9 Å². The summed E-state index contributed by atoms with van der Waals surface area (Å²) in [5.41, 5.74) is 0. The molecule has 0 radical (unpaired) electrons. The van der Waals surface area contributed by atoms with Crippen molar-refractivity contribution in [1.29, 1.82) is 0 Å². The molecule has 0 amide bonds. The predicted molar refractivity (Wildman–Crippen MR) is 79.8 cm³/mol. The molecular weight excluding hydrogens is 322 g/mol. The second-order valence-electron chi connectivity index (χ2n) is 5.18. The molecule has 1 atom stereocenters. The van der Waals surface area contributed by atoms with Gasteiger partial charge in [0.1, 0.15) is 0 Å². The minimum atomic E-state index is -3.76. The highest BCUT2D eigenvalue weighted by molar-refractivity contribution is 7.89. The lowest BCUT2D eigenvalue weighted by molar-refractivity contribution is 0.297. The molecule has 23 heavy (non-hydrogen) atoms. The summed E-state index contributed by atoms with van der Waals surface area (Å²) in [6.07, 6.45) is 0.753. The van der Waals surface area contributed by atoms with E-state index < -0.39 is 16.1 Å². The van der Waals surface area contributed by atoms with Gasteiger partial charge in [-0.3, -0.25) is 0 Å². The molecule has 0 bridgehead atoms. The van der Waals surface area contributed by atoms with E-state index in [1.165, 1.54) is 12.1 Å². The van der Waals surface area contributed by atoms with Crippen LogP contribution in [0.1, 0.15) is 31.1 Å². The van der Waals surface area contributed by atoms with Crippen LogP contribution in [0.3, 0.4) is 0 Å². The third kappa shape index (κ3) is 3.45. The summed E-state index contributed by atoms with van der Waals surface area (Å²) in [5.74, 6) is 1.62. The SMILES string of the molecule is Cc1noc(C(C)NS(=O)(=O)c2ccc3c(c2)OCCCO3)n1. The molecule has 0 saturated carbocycles. The molecule has 2 aromatic rings. The summed E-state index contributed by atoms with van der Waals surface area (Å²) < 4.78 is 43.5. The van der Waals surface area contributed by atoms with Gasteiger partial charge in [0.15, 0.2) is 17.3 Å². The van der Waals surface area contributed by atoms with Gasteiger partial charge in [0.2, 0.25) is 15.9 Å². The van der Waals surface area contributed by atoms with Gasteiger partial charge in [0.25, 0.3) is 0 Å². The molecule has 1 aromatic heterocycles. The molecule has 0 aliphatic carbocycles. The smallest absolute Gasteiger partial charge is 0.244 e. The van der Waals surface area contributed by atoms with Gasteiger partial charge in [-0.25, -0.2) is 8.42 Å². The minimum absolute atomic E-state index is 0.0878. The van der Waals surface area contributed by atoms with Gasteiger partial charge in [0.05, 0.1) is 24.2 Å². The van der Waals surface area contributed by atoms with Crippen LogP contribution < -0.4 is 14.2 Å². The number of rotatable bonds is 4. The Hall–Kier alpha value is -2.13. The first-order valence-electron chi connectivity index (χ1n) is 7.18. The Kier molecular flexibility index (Phi) is 4.22. The van der Waals surface area contributed by atoms with E-state index in [1.807, 2.05) is 0 Å². The fourth-order valence-electron chi connectivity index (χ4n) is 2.15. The molecule has 2 heterocycles. The number of hydrogen-bond acceptors (Lipinski definition) is 7. The van der Waals surface area contributed by atoms with E-state index in [0.29, 0.717) is 30.5 Å². The molecule has 0 spiro atoms. The van der Waals surface area contributed by atoms with Gasteiger partial charge in [-0.1, -0.05) is 5.16 Å². The first kappa shape index (κ1) is 15.8. The van der Waals surface area contributed by atoms with Gasteiger partial charge in [-0.2, -0.15) is 9.71 Å². The average Bonchev–Trinajstić information content (AvgIpc) is 2.81. The first-order valence-corrected chi connectivity index (χ1v) is 8.66. The van der Waals surface area contributed by atoms with E-state index in [9.17, 15) is 8.42 Å². The van der Waals surface area contributed by atoms with Crippen molar-refractivity contribution in [3.63, 3.8) is 0 Å². The minimum Gasteiger partial charge on any atom is -0.490 e. The van der Waals surface area contributed by atoms with Crippen molar-refractivity contribution in [2.75, 3.05) is 13.2 Å².